The third-order valence-electron chi connectivity index (χ3n) is 9.09. The van der Waals surface area contributed by atoms with Gasteiger partial charge in [-0.2, -0.15) is 0 Å². The Labute approximate surface area is 179 Å². The normalized spacial score (nSPS) is 41.3. The van der Waals surface area contributed by atoms with Crippen LogP contribution in [0.4, 0.5) is 0 Å². The van der Waals surface area contributed by atoms with Crippen molar-refractivity contribution in [1.82, 2.24) is 9.80 Å². The molecule has 7 rings (SSSR count). The highest BCUT2D eigenvalue weighted by atomic mass is 16.5. The van der Waals surface area contributed by atoms with Crippen molar-refractivity contribution in [2.45, 2.75) is 75.9 Å². The first kappa shape index (κ1) is 19.5. The number of likely N-dealkylation sites (tertiary alicyclic amines) is 2. The summed E-state index contributed by atoms with van der Waals surface area (Å²) in [5, 5.41) is 0. The number of carbonyl (C=O) groups is 2. The summed E-state index contributed by atoms with van der Waals surface area (Å²) in [5.74, 6) is 2.94. The van der Waals surface area contributed by atoms with Crippen LogP contribution in [0, 0.1) is 23.2 Å². The number of rotatable bonds is 4. The van der Waals surface area contributed by atoms with Gasteiger partial charge in [0.05, 0.1) is 24.6 Å². The van der Waals surface area contributed by atoms with Gasteiger partial charge in [-0.1, -0.05) is 0 Å². The first-order valence-corrected chi connectivity index (χ1v) is 12.4. The Balaban J connectivity index is 1.03. The van der Waals surface area contributed by atoms with Crippen LogP contribution in [0.15, 0.2) is 0 Å². The molecule has 6 nitrogen and oxygen atoms in total. The summed E-state index contributed by atoms with van der Waals surface area (Å²) in [6.07, 6.45) is 11.5. The SMILES string of the molecule is O=C(COC1CCOC2(C1)CN(C(=O)C13CC4CC(CC(C4)C1)C3)C2)N1CCCC1. The van der Waals surface area contributed by atoms with Crippen LogP contribution in [0.3, 0.4) is 0 Å². The molecule has 7 fully saturated rings. The standard InChI is InChI=1S/C24H36N2O4/c27-21(25-4-1-2-5-25)14-29-20-3-6-30-24(13-20)15-26(16-24)22(28)23-10-17-7-18(11-23)9-19(8-17)12-23/h17-20H,1-16H2. The highest BCUT2D eigenvalue weighted by molar-refractivity contribution is 5.84. The molecule has 4 aliphatic carbocycles. The van der Waals surface area contributed by atoms with Crippen molar-refractivity contribution in [3.05, 3.63) is 0 Å². The van der Waals surface area contributed by atoms with E-state index in [0.29, 0.717) is 25.6 Å². The second-order valence-electron chi connectivity index (χ2n) is 11.4. The van der Waals surface area contributed by atoms with Crippen molar-refractivity contribution in [1.29, 1.82) is 0 Å². The van der Waals surface area contributed by atoms with Gasteiger partial charge in [-0.25, -0.2) is 0 Å². The van der Waals surface area contributed by atoms with Crippen molar-refractivity contribution in [3.63, 3.8) is 0 Å². The zero-order valence-electron chi connectivity index (χ0n) is 18.2. The van der Waals surface area contributed by atoms with Crippen molar-refractivity contribution in [3.8, 4) is 0 Å². The molecule has 3 saturated heterocycles. The molecule has 1 unspecified atom stereocenters. The monoisotopic (exact) mass is 416 g/mol. The molecule has 0 radical (unpaired) electrons. The molecule has 3 heterocycles. The van der Waals surface area contributed by atoms with E-state index in [4.69, 9.17) is 9.47 Å². The number of hydrogen-bond donors (Lipinski definition) is 0. The van der Waals surface area contributed by atoms with E-state index in [1.165, 1.54) is 19.3 Å². The summed E-state index contributed by atoms with van der Waals surface area (Å²) in [5.41, 5.74) is -0.291. The number of amides is 2. The molecule has 4 saturated carbocycles. The van der Waals surface area contributed by atoms with Gasteiger partial charge < -0.3 is 19.3 Å². The molecule has 3 aliphatic heterocycles. The predicted molar refractivity (Wildman–Crippen MR) is 111 cm³/mol. The topological polar surface area (TPSA) is 59.1 Å². The lowest BCUT2D eigenvalue weighted by Gasteiger charge is -2.60. The van der Waals surface area contributed by atoms with Crippen molar-refractivity contribution in [2.24, 2.45) is 23.2 Å². The van der Waals surface area contributed by atoms with Gasteiger partial charge in [-0.3, -0.25) is 9.59 Å². The summed E-state index contributed by atoms with van der Waals surface area (Å²) in [4.78, 5) is 29.8. The quantitative estimate of drug-likeness (QED) is 0.707. The highest BCUT2D eigenvalue weighted by Crippen LogP contribution is 2.61. The van der Waals surface area contributed by atoms with Crippen LogP contribution in [0.1, 0.15) is 64.2 Å². The minimum Gasteiger partial charge on any atom is -0.371 e. The van der Waals surface area contributed by atoms with Gasteiger partial charge in [0.25, 0.3) is 0 Å². The van der Waals surface area contributed by atoms with Gasteiger partial charge >= 0.3 is 0 Å². The minimum atomic E-state index is -0.239. The zero-order chi connectivity index (χ0) is 20.3. The van der Waals surface area contributed by atoms with E-state index in [1.54, 1.807) is 0 Å². The van der Waals surface area contributed by atoms with E-state index in [2.05, 4.69) is 4.90 Å². The van der Waals surface area contributed by atoms with E-state index in [1.807, 2.05) is 4.90 Å². The van der Waals surface area contributed by atoms with E-state index >= 15 is 0 Å². The number of carbonyl (C=O) groups excluding carboxylic acids is 2. The molecule has 6 heteroatoms. The summed E-state index contributed by atoms with van der Waals surface area (Å²) in [7, 11) is 0. The van der Waals surface area contributed by atoms with Crippen LogP contribution in [0.5, 0.6) is 0 Å². The average molecular weight is 417 g/mol. The Morgan fingerprint density at radius 3 is 2.17 bits per heavy atom. The van der Waals surface area contributed by atoms with Crippen LogP contribution < -0.4 is 0 Å². The first-order valence-electron chi connectivity index (χ1n) is 12.4. The van der Waals surface area contributed by atoms with Gasteiger partial charge in [0.1, 0.15) is 12.2 Å². The summed E-state index contributed by atoms with van der Waals surface area (Å²) in [6, 6.07) is 0. The summed E-state index contributed by atoms with van der Waals surface area (Å²) < 4.78 is 12.2. The maximum absolute atomic E-state index is 13.5. The van der Waals surface area contributed by atoms with Crippen LogP contribution in [0.25, 0.3) is 0 Å². The van der Waals surface area contributed by atoms with Gasteiger partial charge in [-0.15, -0.1) is 0 Å². The fourth-order valence-electron chi connectivity index (χ4n) is 8.09. The van der Waals surface area contributed by atoms with E-state index < -0.39 is 0 Å². The third-order valence-corrected chi connectivity index (χ3v) is 9.09. The lowest BCUT2D eigenvalue weighted by molar-refractivity contribution is -0.212. The van der Waals surface area contributed by atoms with E-state index in [-0.39, 0.29) is 29.6 Å². The predicted octanol–water partition coefficient (Wildman–Crippen LogP) is 2.60. The van der Waals surface area contributed by atoms with Gasteiger partial charge in [-0.05, 0) is 75.5 Å². The Hall–Kier alpha value is -1.14. The largest absolute Gasteiger partial charge is 0.371 e. The average Bonchev–Trinajstić information content (AvgIpc) is 3.24. The van der Waals surface area contributed by atoms with Crippen molar-refractivity contribution in [2.75, 3.05) is 39.4 Å². The zero-order valence-corrected chi connectivity index (χ0v) is 18.2. The van der Waals surface area contributed by atoms with Crippen molar-refractivity contribution >= 4 is 11.8 Å². The number of hydrogen-bond acceptors (Lipinski definition) is 4. The molecule has 0 N–H and O–H groups in total. The molecule has 30 heavy (non-hydrogen) atoms. The molecule has 1 spiro atoms. The molecule has 0 aromatic rings. The third kappa shape index (κ3) is 3.29. The van der Waals surface area contributed by atoms with Crippen LogP contribution in [0.2, 0.25) is 0 Å². The second-order valence-corrected chi connectivity index (χ2v) is 11.4. The summed E-state index contributed by atoms with van der Waals surface area (Å²) >= 11 is 0. The molecule has 1 atom stereocenters. The lowest BCUT2D eigenvalue weighted by Crippen LogP contribution is -2.70. The first-order chi connectivity index (χ1) is 14.5. The molecule has 166 valence electrons. The molecular formula is C24H36N2O4. The fourth-order valence-corrected chi connectivity index (χ4v) is 8.09. The lowest BCUT2D eigenvalue weighted by atomic mass is 9.49. The molecule has 2 amide bonds. The second kappa shape index (κ2) is 7.19. The molecule has 4 bridgehead atoms. The van der Waals surface area contributed by atoms with Crippen molar-refractivity contribution < 1.29 is 19.1 Å². The Morgan fingerprint density at radius 2 is 1.53 bits per heavy atom. The Morgan fingerprint density at radius 1 is 0.900 bits per heavy atom. The summed E-state index contributed by atoms with van der Waals surface area (Å²) in [6.45, 7) is 4.04. The molecular weight excluding hydrogens is 380 g/mol. The molecule has 0 aromatic heterocycles. The van der Waals surface area contributed by atoms with Crippen LogP contribution in [-0.4, -0.2) is 72.7 Å². The Bertz CT molecular complexity index is 675. The maximum Gasteiger partial charge on any atom is 0.248 e. The Kier molecular flexibility index (Phi) is 4.68. The van der Waals surface area contributed by atoms with Gasteiger partial charge in [0, 0.05) is 26.1 Å². The van der Waals surface area contributed by atoms with E-state index in [0.717, 1.165) is 75.8 Å². The number of ether oxygens (including phenoxy) is 2. The van der Waals surface area contributed by atoms with E-state index in [9.17, 15) is 9.59 Å². The molecule has 0 aromatic carbocycles. The smallest absolute Gasteiger partial charge is 0.248 e. The maximum atomic E-state index is 13.5. The minimum absolute atomic E-state index is 0.0525. The van der Waals surface area contributed by atoms with Crippen LogP contribution in [-0.2, 0) is 19.1 Å². The fraction of sp³-hybridized carbons (Fsp3) is 0.917. The molecule has 7 aliphatic rings. The highest BCUT2D eigenvalue weighted by Gasteiger charge is 2.59. The number of nitrogens with zero attached hydrogens (tertiary/aromatic N) is 2. The van der Waals surface area contributed by atoms with Crippen LogP contribution >= 0.6 is 0 Å². The van der Waals surface area contributed by atoms with Gasteiger partial charge in [0.15, 0.2) is 0 Å². The van der Waals surface area contributed by atoms with Gasteiger partial charge in [0.2, 0.25) is 11.8 Å².